The molecule has 1 aliphatic rings. The summed E-state index contributed by atoms with van der Waals surface area (Å²) in [6.45, 7) is 1.63. The number of rotatable bonds is 6. The highest BCUT2D eigenvalue weighted by atomic mass is 35.5. The molecule has 142 valence electrons. The molecule has 1 aliphatic heterocycles. The van der Waals surface area contributed by atoms with Gasteiger partial charge in [0.2, 0.25) is 0 Å². The predicted octanol–water partition coefficient (Wildman–Crippen LogP) is 2.71. The summed E-state index contributed by atoms with van der Waals surface area (Å²) >= 11 is 5.86. The van der Waals surface area contributed by atoms with Crippen LogP contribution in [0.2, 0.25) is 5.02 Å². The van der Waals surface area contributed by atoms with Crippen molar-refractivity contribution < 1.29 is 19.0 Å². The van der Waals surface area contributed by atoms with Gasteiger partial charge in [0.1, 0.15) is 23.2 Å². The lowest BCUT2D eigenvalue weighted by molar-refractivity contribution is 0.0433. The number of piperazine rings is 1. The smallest absolute Gasteiger partial charge is 0.161 e. The van der Waals surface area contributed by atoms with Gasteiger partial charge in [0.15, 0.2) is 6.73 Å². The maximum absolute atomic E-state index is 13.1. The standard InChI is InChI=1S/C20H20ClFN2O3/c21-16-3-7-18(8-4-16)27-14-24-10-9-23(19(12-25)20(24)13-26)11-15-1-5-17(22)6-2-15/h1-8,19,25H,9-12,14H2. The van der Waals surface area contributed by atoms with Gasteiger partial charge in [-0.3, -0.25) is 4.90 Å². The highest BCUT2D eigenvalue weighted by Crippen LogP contribution is 2.22. The summed E-state index contributed by atoms with van der Waals surface area (Å²) in [4.78, 5) is 15.3. The van der Waals surface area contributed by atoms with E-state index in [1.165, 1.54) is 12.1 Å². The fourth-order valence-corrected chi connectivity index (χ4v) is 3.20. The van der Waals surface area contributed by atoms with E-state index in [0.717, 1.165) is 5.56 Å². The number of halogens is 2. The van der Waals surface area contributed by atoms with Crippen molar-refractivity contribution in [2.24, 2.45) is 0 Å². The molecule has 0 amide bonds. The lowest BCUT2D eigenvalue weighted by Gasteiger charge is -2.41. The summed E-state index contributed by atoms with van der Waals surface area (Å²) in [5.74, 6) is 2.30. The second-order valence-electron chi connectivity index (χ2n) is 6.27. The Hall–Kier alpha value is -2.37. The van der Waals surface area contributed by atoms with E-state index < -0.39 is 6.04 Å². The molecule has 1 saturated heterocycles. The molecule has 7 heteroatoms. The van der Waals surface area contributed by atoms with Crippen LogP contribution in [0, 0.1) is 5.82 Å². The number of aliphatic hydroxyl groups excluding tert-OH is 1. The van der Waals surface area contributed by atoms with E-state index in [9.17, 15) is 14.3 Å². The molecule has 2 aromatic carbocycles. The molecule has 1 unspecified atom stereocenters. The van der Waals surface area contributed by atoms with E-state index in [2.05, 4.69) is 0 Å². The third-order valence-electron chi connectivity index (χ3n) is 4.53. The second kappa shape index (κ2) is 9.02. The maximum Gasteiger partial charge on any atom is 0.161 e. The van der Waals surface area contributed by atoms with Crippen LogP contribution >= 0.6 is 11.6 Å². The number of aliphatic hydroxyl groups is 1. The summed E-state index contributed by atoms with van der Waals surface area (Å²) < 4.78 is 18.8. The normalized spacial score (nSPS) is 17.7. The first-order valence-corrected chi connectivity index (χ1v) is 8.96. The number of nitrogens with zero attached hydrogens (tertiary/aromatic N) is 2. The molecule has 1 atom stereocenters. The summed E-state index contributed by atoms with van der Waals surface area (Å²) in [7, 11) is 0. The van der Waals surface area contributed by atoms with Crippen molar-refractivity contribution in [3.05, 3.63) is 70.6 Å². The zero-order chi connectivity index (χ0) is 19.2. The minimum Gasteiger partial charge on any atom is -0.473 e. The van der Waals surface area contributed by atoms with Crippen molar-refractivity contribution >= 4 is 17.5 Å². The summed E-state index contributed by atoms with van der Waals surface area (Å²) in [5, 5.41) is 10.5. The summed E-state index contributed by atoms with van der Waals surface area (Å²) in [6.07, 6.45) is 0. The van der Waals surface area contributed by atoms with Gasteiger partial charge in [-0.1, -0.05) is 23.7 Å². The van der Waals surface area contributed by atoms with Crippen LogP contribution in [-0.4, -0.2) is 53.3 Å². The van der Waals surface area contributed by atoms with E-state index in [1.54, 1.807) is 41.3 Å². The Morgan fingerprint density at radius 2 is 1.85 bits per heavy atom. The molecule has 1 heterocycles. The Morgan fingerprint density at radius 1 is 1.15 bits per heavy atom. The van der Waals surface area contributed by atoms with Crippen molar-refractivity contribution in [3.63, 3.8) is 0 Å². The minimum absolute atomic E-state index is 0.174. The van der Waals surface area contributed by atoms with E-state index >= 15 is 0 Å². The maximum atomic E-state index is 13.1. The monoisotopic (exact) mass is 390 g/mol. The lowest BCUT2D eigenvalue weighted by Crippen LogP contribution is -2.53. The van der Waals surface area contributed by atoms with Gasteiger partial charge in [-0.15, -0.1) is 0 Å². The first-order valence-electron chi connectivity index (χ1n) is 8.58. The molecule has 0 aliphatic carbocycles. The van der Waals surface area contributed by atoms with Crippen LogP contribution in [0.4, 0.5) is 4.39 Å². The molecular formula is C20H20ClFN2O3. The summed E-state index contributed by atoms with van der Waals surface area (Å²) in [5.41, 5.74) is 1.26. The van der Waals surface area contributed by atoms with Gasteiger partial charge in [0.05, 0.1) is 12.6 Å². The van der Waals surface area contributed by atoms with Gasteiger partial charge in [-0.2, -0.15) is 0 Å². The number of carbonyl (C=O) groups excluding carboxylic acids is 1. The van der Waals surface area contributed by atoms with Crippen molar-refractivity contribution in [2.75, 3.05) is 26.4 Å². The molecule has 1 N–H and O–H groups in total. The van der Waals surface area contributed by atoms with Crippen LogP contribution in [0.3, 0.4) is 0 Å². The van der Waals surface area contributed by atoms with Crippen LogP contribution in [0.1, 0.15) is 5.56 Å². The van der Waals surface area contributed by atoms with Crippen LogP contribution in [0.5, 0.6) is 5.75 Å². The Labute approximate surface area is 162 Å². The molecular weight excluding hydrogens is 371 g/mol. The number of ether oxygens (including phenoxy) is 1. The molecule has 5 nitrogen and oxygen atoms in total. The molecule has 0 bridgehead atoms. The topological polar surface area (TPSA) is 53.0 Å². The zero-order valence-corrected chi connectivity index (χ0v) is 15.4. The van der Waals surface area contributed by atoms with Gasteiger partial charge >= 0.3 is 0 Å². The fourth-order valence-electron chi connectivity index (χ4n) is 3.07. The van der Waals surface area contributed by atoms with E-state index in [0.29, 0.717) is 36.1 Å². The summed E-state index contributed by atoms with van der Waals surface area (Å²) in [6, 6.07) is 12.7. The Balaban J connectivity index is 1.66. The van der Waals surface area contributed by atoms with E-state index in [1.807, 2.05) is 10.8 Å². The third kappa shape index (κ3) is 4.87. The SMILES string of the molecule is O=C=C1C(CO)N(Cc2ccc(F)cc2)CCN1COc1ccc(Cl)cc1. The average molecular weight is 391 g/mol. The van der Waals surface area contributed by atoms with Crippen LogP contribution < -0.4 is 4.74 Å². The minimum atomic E-state index is -0.491. The van der Waals surface area contributed by atoms with Gasteiger partial charge in [-0.25, -0.2) is 9.18 Å². The first-order chi connectivity index (χ1) is 13.1. The van der Waals surface area contributed by atoms with Crippen molar-refractivity contribution in [2.45, 2.75) is 12.6 Å². The molecule has 0 spiro atoms. The quantitative estimate of drug-likeness (QED) is 0.769. The number of hydrogen-bond acceptors (Lipinski definition) is 5. The lowest BCUT2D eigenvalue weighted by atomic mass is 10.1. The first kappa shape index (κ1) is 19.4. The molecule has 2 aromatic rings. The predicted molar refractivity (Wildman–Crippen MR) is 101 cm³/mol. The Bertz CT molecular complexity index is 807. The van der Waals surface area contributed by atoms with Crippen molar-refractivity contribution in [3.8, 4) is 5.75 Å². The van der Waals surface area contributed by atoms with Gasteiger partial charge in [-0.05, 0) is 42.0 Å². The molecule has 3 rings (SSSR count). The van der Waals surface area contributed by atoms with E-state index in [4.69, 9.17) is 16.3 Å². The van der Waals surface area contributed by atoms with Gasteiger partial charge in [0, 0.05) is 24.7 Å². The molecule has 1 fully saturated rings. The average Bonchev–Trinajstić information content (AvgIpc) is 2.69. The Morgan fingerprint density at radius 3 is 2.48 bits per heavy atom. The van der Waals surface area contributed by atoms with Gasteiger partial charge in [0.25, 0.3) is 0 Å². The largest absolute Gasteiger partial charge is 0.473 e. The Kier molecular flexibility index (Phi) is 6.48. The number of benzene rings is 2. The number of hydrogen-bond donors (Lipinski definition) is 1. The highest BCUT2D eigenvalue weighted by molar-refractivity contribution is 6.30. The van der Waals surface area contributed by atoms with Crippen LogP contribution in [0.25, 0.3) is 0 Å². The zero-order valence-electron chi connectivity index (χ0n) is 14.6. The third-order valence-corrected chi connectivity index (χ3v) is 4.78. The molecule has 0 aromatic heterocycles. The molecule has 0 saturated carbocycles. The van der Waals surface area contributed by atoms with Crippen LogP contribution in [-0.2, 0) is 11.3 Å². The highest BCUT2D eigenvalue weighted by Gasteiger charge is 2.32. The second-order valence-corrected chi connectivity index (χ2v) is 6.71. The van der Waals surface area contributed by atoms with Crippen LogP contribution in [0.15, 0.2) is 54.2 Å². The fraction of sp³-hybridized carbons (Fsp3) is 0.300. The van der Waals surface area contributed by atoms with E-state index in [-0.39, 0.29) is 19.2 Å². The molecule has 27 heavy (non-hydrogen) atoms. The van der Waals surface area contributed by atoms with Crippen molar-refractivity contribution in [1.29, 1.82) is 0 Å². The molecule has 0 radical (unpaired) electrons. The van der Waals surface area contributed by atoms with Crippen molar-refractivity contribution in [1.82, 2.24) is 9.80 Å². The van der Waals surface area contributed by atoms with Gasteiger partial charge < -0.3 is 14.7 Å².